The van der Waals surface area contributed by atoms with Crippen molar-refractivity contribution in [2.24, 2.45) is 5.73 Å². The molecule has 5 rings (SSSR count). The van der Waals surface area contributed by atoms with Crippen LogP contribution in [0.5, 0.6) is 0 Å². The third kappa shape index (κ3) is 6.43. The fourth-order valence-electron chi connectivity index (χ4n) is 5.55. The molecule has 2 N–H and O–H groups in total. The Hall–Kier alpha value is -4.36. The van der Waals surface area contributed by atoms with E-state index in [2.05, 4.69) is 4.98 Å². The van der Waals surface area contributed by atoms with E-state index in [1.54, 1.807) is 47.4 Å². The Kier molecular flexibility index (Phi) is 8.97. The highest BCUT2D eigenvalue weighted by Gasteiger charge is 2.35. The van der Waals surface area contributed by atoms with Crippen molar-refractivity contribution in [3.63, 3.8) is 0 Å². The monoisotopic (exact) mass is 614 g/mol. The molecule has 2 aromatic carbocycles. The van der Waals surface area contributed by atoms with Gasteiger partial charge in [0.05, 0.1) is 18.7 Å². The first-order valence-electron chi connectivity index (χ1n) is 14.0. The Morgan fingerprint density at radius 3 is 2.25 bits per heavy atom. The predicted octanol–water partition coefficient (Wildman–Crippen LogP) is 4.08. The van der Waals surface area contributed by atoms with Gasteiger partial charge in [0.25, 0.3) is 5.56 Å². The number of pyridine rings is 1. The third-order valence-electron chi connectivity index (χ3n) is 7.92. The molecule has 0 saturated carbocycles. The van der Waals surface area contributed by atoms with Crippen molar-refractivity contribution in [2.75, 3.05) is 31.1 Å². The van der Waals surface area contributed by atoms with E-state index in [0.29, 0.717) is 43.9 Å². The first-order valence-corrected chi connectivity index (χ1v) is 14.0. The first kappa shape index (κ1) is 31.1. The van der Waals surface area contributed by atoms with E-state index in [4.69, 9.17) is 5.73 Å². The maximum absolute atomic E-state index is 14.9. The van der Waals surface area contributed by atoms with Crippen molar-refractivity contribution in [1.82, 2.24) is 19.0 Å². The number of halogens is 5. The normalized spacial score (nSPS) is 15.0. The molecule has 0 bridgehead atoms. The molecule has 0 spiro atoms. The predicted molar refractivity (Wildman–Crippen MR) is 155 cm³/mol. The number of alkyl halides is 3. The Morgan fingerprint density at radius 2 is 1.59 bits per heavy atom. The number of nitrogens with two attached hydrogens (primary N) is 1. The minimum Gasteiger partial charge on any atom is -0.363 e. The molecule has 0 unspecified atom stereocenters. The highest BCUT2D eigenvalue weighted by Crippen LogP contribution is 2.33. The van der Waals surface area contributed by atoms with Gasteiger partial charge in [0.1, 0.15) is 11.5 Å². The summed E-state index contributed by atoms with van der Waals surface area (Å²) in [7, 11) is 0. The second-order valence-corrected chi connectivity index (χ2v) is 10.7. The number of nitrogens with zero attached hydrogens (tertiary/aromatic N) is 5. The summed E-state index contributed by atoms with van der Waals surface area (Å²) in [6.07, 6.45) is -3.51. The minimum absolute atomic E-state index is 0.104. The van der Waals surface area contributed by atoms with E-state index in [0.717, 1.165) is 27.3 Å². The SMILES string of the molecule is Cc1c(N2CCN(Cc3cccnc3F)CC2)c(=O)n(C[C@@H](N)c2ccccc2)c(=O)n1Cc1c(F)cccc1C(F)(F)F. The molecule has 1 fully saturated rings. The van der Waals surface area contributed by atoms with E-state index >= 15 is 0 Å². The van der Waals surface area contributed by atoms with Crippen LogP contribution in [0.2, 0.25) is 0 Å². The van der Waals surface area contributed by atoms with Crippen LogP contribution in [0.1, 0.15) is 34.0 Å². The summed E-state index contributed by atoms with van der Waals surface area (Å²) in [6.45, 7) is 2.26. The summed E-state index contributed by atoms with van der Waals surface area (Å²) in [5.74, 6) is -1.69. The molecular formula is C31H31F5N6O2. The number of hydrogen-bond donors (Lipinski definition) is 1. The molecule has 2 aromatic heterocycles. The van der Waals surface area contributed by atoms with Gasteiger partial charge in [-0.15, -0.1) is 0 Å². The van der Waals surface area contributed by atoms with Crippen LogP contribution < -0.4 is 21.9 Å². The van der Waals surface area contributed by atoms with Gasteiger partial charge < -0.3 is 10.6 Å². The minimum atomic E-state index is -4.87. The molecule has 232 valence electrons. The third-order valence-corrected chi connectivity index (χ3v) is 7.92. The van der Waals surface area contributed by atoms with Gasteiger partial charge in [0, 0.05) is 61.8 Å². The van der Waals surface area contributed by atoms with E-state index in [1.807, 2.05) is 4.90 Å². The number of piperazine rings is 1. The van der Waals surface area contributed by atoms with Crippen molar-refractivity contribution < 1.29 is 22.0 Å². The van der Waals surface area contributed by atoms with Crippen molar-refractivity contribution in [1.29, 1.82) is 0 Å². The first-order chi connectivity index (χ1) is 21.0. The average molecular weight is 615 g/mol. The van der Waals surface area contributed by atoms with Gasteiger partial charge in [-0.2, -0.15) is 17.6 Å². The van der Waals surface area contributed by atoms with Crippen LogP contribution in [0.25, 0.3) is 0 Å². The Bertz CT molecular complexity index is 1750. The lowest BCUT2D eigenvalue weighted by atomic mass is 10.1. The van der Waals surface area contributed by atoms with E-state index in [-0.39, 0.29) is 17.9 Å². The molecule has 0 aliphatic carbocycles. The lowest BCUT2D eigenvalue weighted by Gasteiger charge is -2.37. The highest BCUT2D eigenvalue weighted by molar-refractivity contribution is 5.50. The Balaban J connectivity index is 1.54. The number of benzene rings is 2. The summed E-state index contributed by atoms with van der Waals surface area (Å²) in [6, 6.07) is 13.9. The standard InChI is InChI=1S/C31H31F5N6O2/c1-20-27(40-15-13-39(14-16-40)17-22-9-6-12-38-28(22)33)29(43)42(19-26(37)21-7-3-2-4-8-21)30(44)41(20)18-23-24(31(34,35)36)10-5-11-25(23)32/h2-12,26H,13-19,37H2,1H3/t26-/m1/s1. The van der Waals surface area contributed by atoms with E-state index < -0.39 is 52.9 Å². The van der Waals surface area contributed by atoms with Gasteiger partial charge in [0.2, 0.25) is 5.95 Å². The second-order valence-electron chi connectivity index (χ2n) is 10.7. The molecule has 3 heterocycles. The van der Waals surface area contributed by atoms with Crippen LogP contribution in [-0.4, -0.2) is 45.2 Å². The van der Waals surface area contributed by atoms with Gasteiger partial charge in [-0.05, 0) is 30.7 Å². The second kappa shape index (κ2) is 12.7. The summed E-state index contributed by atoms with van der Waals surface area (Å²) in [4.78, 5) is 35.1. The summed E-state index contributed by atoms with van der Waals surface area (Å²) in [5.41, 5.74) is 4.20. The molecule has 44 heavy (non-hydrogen) atoms. The van der Waals surface area contributed by atoms with Crippen molar-refractivity contribution in [3.8, 4) is 0 Å². The Labute approximate surface area is 249 Å². The molecular weight excluding hydrogens is 583 g/mol. The molecule has 8 nitrogen and oxygen atoms in total. The molecule has 1 atom stereocenters. The largest absolute Gasteiger partial charge is 0.416 e. The molecule has 1 aliphatic heterocycles. The number of aromatic nitrogens is 3. The maximum atomic E-state index is 14.9. The van der Waals surface area contributed by atoms with Crippen LogP contribution in [-0.2, 0) is 25.8 Å². The highest BCUT2D eigenvalue weighted by atomic mass is 19.4. The lowest BCUT2D eigenvalue weighted by Crippen LogP contribution is -2.51. The fraction of sp³-hybridized carbons (Fsp3) is 0.323. The summed E-state index contributed by atoms with van der Waals surface area (Å²) in [5, 5.41) is 0. The summed E-state index contributed by atoms with van der Waals surface area (Å²) < 4.78 is 72.5. The van der Waals surface area contributed by atoms with Gasteiger partial charge in [-0.25, -0.2) is 14.2 Å². The fourth-order valence-corrected chi connectivity index (χ4v) is 5.55. The smallest absolute Gasteiger partial charge is 0.363 e. The topological polar surface area (TPSA) is 89.4 Å². The molecule has 1 saturated heterocycles. The van der Waals surface area contributed by atoms with Gasteiger partial charge in [0.15, 0.2) is 0 Å². The van der Waals surface area contributed by atoms with Gasteiger partial charge in [-0.1, -0.05) is 42.5 Å². The van der Waals surface area contributed by atoms with Crippen LogP contribution in [0, 0.1) is 18.7 Å². The zero-order valence-electron chi connectivity index (χ0n) is 23.9. The van der Waals surface area contributed by atoms with Gasteiger partial charge in [-0.3, -0.25) is 18.8 Å². The molecule has 13 heteroatoms. The summed E-state index contributed by atoms with van der Waals surface area (Å²) >= 11 is 0. The van der Waals surface area contributed by atoms with Crippen molar-refractivity contribution in [2.45, 2.75) is 38.8 Å². The Morgan fingerprint density at radius 1 is 0.886 bits per heavy atom. The maximum Gasteiger partial charge on any atom is 0.416 e. The number of hydrogen-bond acceptors (Lipinski definition) is 6. The van der Waals surface area contributed by atoms with Crippen LogP contribution in [0.3, 0.4) is 0 Å². The quantitative estimate of drug-likeness (QED) is 0.238. The van der Waals surface area contributed by atoms with Crippen LogP contribution in [0.15, 0.2) is 76.4 Å². The van der Waals surface area contributed by atoms with Crippen molar-refractivity contribution in [3.05, 3.63) is 127 Å². The zero-order chi connectivity index (χ0) is 31.6. The molecule has 0 amide bonds. The van der Waals surface area contributed by atoms with E-state index in [1.165, 1.54) is 13.1 Å². The van der Waals surface area contributed by atoms with Crippen molar-refractivity contribution >= 4 is 5.69 Å². The molecule has 4 aromatic rings. The molecule has 0 radical (unpaired) electrons. The number of rotatable bonds is 8. The number of anilines is 1. The van der Waals surface area contributed by atoms with E-state index in [9.17, 15) is 31.5 Å². The van der Waals surface area contributed by atoms with Gasteiger partial charge >= 0.3 is 11.9 Å². The zero-order valence-corrected chi connectivity index (χ0v) is 23.9. The van der Waals surface area contributed by atoms with Crippen LogP contribution in [0.4, 0.5) is 27.6 Å². The lowest BCUT2D eigenvalue weighted by molar-refractivity contribution is -0.138. The average Bonchev–Trinajstić information content (AvgIpc) is 3.00. The van der Waals surface area contributed by atoms with Crippen LogP contribution >= 0.6 is 0 Å². The molecule has 1 aliphatic rings.